The predicted molar refractivity (Wildman–Crippen MR) is 113 cm³/mol. The molecule has 0 saturated carbocycles. The Bertz CT molecular complexity index is 1050. The van der Waals surface area contributed by atoms with Crippen LogP contribution in [0.4, 0.5) is 15.8 Å². The molecule has 0 aliphatic carbocycles. The van der Waals surface area contributed by atoms with E-state index in [1.807, 2.05) is 42.5 Å². The zero-order valence-electron chi connectivity index (χ0n) is 16.3. The molecule has 0 fully saturated rings. The van der Waals surface area contributed by atoms with Crippen LogP contribution in [0.15, 0.2) is 72.8 Å². The Labute approximate surface area is 174 Å². The molecule has 2 amide bonds. The van der Waals surface area contributed by atoms with E-state index in [2.05, 4.69) is 5.32 Å². The van der Waals surface area contributed by atoms with Gasteiger partial charge >= 0.3 is 0 Å². The molecule has 0 bridgehead atoms. The number of carbonyl (C=O) groups excluding carboxylic acids is 2. The number of fused-ring (bicyclic) bond motifs is 1. The van der Waals surface area contributed by atoms with Gasteiger partial charge in [-0.25, -0.2) is 4.39 Å². The van der Waals surface area contributed by atoms with Crippen LogP contribution in [0.2, 0.25) is 0 Å². The molecule has 1 N–H and O–H groups in total. The van der Waals surface area contributed by atoms with Crippen LogP contribution in [-0.4, -0.2) is 18.4 Å². The van der Waals surface area contributed by atoms with Crippen LogP contribution in [0, 0.1) is 5.82 Å². The molecule has 1 aliphatic heterocycles. The van der Waals surface area contributed by atoms with Gasteiger partial charge in [0.1, 0.15) is 11.6 Å². The maximum absolute atomic E-state index is 12.9. The van der Waals surface area contributed by atoms with E-state index in [0.29, 0.717) is 30.8 Å². The van der Waals surface area contributed by atoms with E-state index < -0.39 is 0 Å². The number of anilines is 2. The number of halogens is 1. The third-order valence-corrected chi connectivity index (χ3v) is 4.93. The number of nitrogens with zero attached hydrogens (tertiary/aromatic N) is 1. The Hall–Kier alpha value is -3.67. The number of ether oxygens (including phenoxy) is 1. The van der Waals surface area contributed by atoms with Gasteiger partial charge in [0.2, 0.25) is 5.91 Å². The molecule has 0 atom stereocenters. The molecule has 1 heterocycles. The van der Waals surface area contributed by atoms with Crippen LogP contribution >= 0.6 is 0 Å². The number of carbonyl (C=O) groups is 2. The lowest BCUT2D eigenvalue weighted by Gasteiger charge is -2.30. The van der Waals surface area contributed by atoms with E-state index in [9.17, 15) is 14.0 Å². The van der Waals surface area contributed by atoms with Gasteiger partial charge in [0, 0.05) is 17.8 Å². The minimum absolute atomic E-state index is 0.0934. The summed E-state index contributed by atoms with van der Waals surface area (Å²) in [5.41, 5.74) is 3.60. The maximum atomic E-state index is 12.9. The van der Waals surface area contributed by atoms with E-state index >= 15 is 0 Å². The first-order valence-electron chi connectivity index (χ1n) is 9.74. The van der Waals surface area contributed by atoms with E-state index in [1.54, 1.807) is 11.0 Å². The molecular formula is C24H21FN2O3. The lowest BCUT2D eigenvalue weighted by molar-refractivity contribution is -0.119. The first-order chi connectivity index (χ1) is 14.6. The highest BCUT2D eigenvalue weighted by molar-refractivity contribution is 5.97. The van der Waals surface area contributed by atoms with Crippen molar-refractivity contribution >= 4 is 23.2 Å². The molecule has 6 heteroatoms. The van der Waals surface area contributed by atoms with Crippen molar-refractivity contribution in [3.8, 4) is 5.75 Å². The predicted octanol–water partition coefficient (Wildman–Crippen LogP) is 4.32. The van der Waals surface area contributed by atoms with Gasteiger partial charge in [-0.05, 0) is 60.0 Å². The van der Waals surface area contributed by atoms with Crippen LogP contribution < -0.4 is 15.0 Å². The van der Waals surface area contributed by atoms with Crippen LogP contribution in [0.25, 0.3) is 0 Å². The lowest BCUT2D eigenvalue weighted by atomic mass is 9.99. The smallest absolute Gasteiger partial charge is 0.262 e. The Morgan fingerprint density at radius 1 is 1.00 bits per heavy atom. The zero-order valence-corrected chi connectivity index (χ0v) is 16.3. The van der Waals surface area contributed by atoms with Crippen molar-refractivity contribution in [1.82, 2.24) is 0 Å². The zero-order chi connectivity index (χ0) is 20.9. The van der Waals surface area contributed by atoms with Gasteiger partial charge in [0.15, 0.2) is 6.61 Å². The fourth-order valence-electron chi connectivity index (χ4n) is 3.45. The molecule has 5 nitrogen and oxygen atoms in total. The molecule has 4 rings (SSSR count). The second-order valence-corrected chi connectivity index (χ2v) is 7.10. The van der Waals surface area contributed by atoms with Crippen molar-refractivity contribution in [2.24, 2.45) is 0 Å². The van der Waals surface area contributed by atoms with Crippen molar-refractivity contribution in [2.45, 2.75) is 19.4 Å². The Balaban J connectivity index is 1.42. The first-order valence-corrected chi connectivity index (χ1v) is 9.74. The summed E-state index contributed by atoms with van der Waals surface area (Å²) in [5.74, 6) is -0.157. The standard InChI is InChI=1S/C24H21FN2O3/c25-19-7-10-21(11-8-19)30-16-23(28)26-20-9-12-22-18(14-20)6-13-24(29)27(22)15-17-4-2-1-3-5-17/h1-5,7-12,14H,6,13,15-16H2,(H,26,28). The van der Waals surface area contributed by atoms with E-state index in [0.717, 1.165) is 16.8 Å². The van der Waals surface area contributed by atoms with Gasteiger partial charge in [-0.1, -0.05) is 30.3 Å². The minimum atomic E-state index is -0.361. The summed E-state index contributed by atoms with van der Waals surface area (Å²) in [5, 5.41) is 2.81. The largest absolute Gasteiger partial charge is 0.484 e. The van der Waals surface area contributed by atoms with Crippen molar-refractivity contribution in [3.05, 3.63) is 89.7 Å². The summed E-state index contributed by atoms with van der Waals surface area (Å²) >= 11 is 0. The van der Waals surface area contributed by atoms with Crippen LogP contribution in [-0.2, 0) is 22.6 Å². The highest BCUT2D eigenvalue weighted by Crippen LogP contribution is 2.31. The Morgan fingerprint density at radius 2 is 1.77 bits per heavy atom. The van der Waals surface area contributed by atoms with E-state index in [-0.39, 0.29) is 24.2 Å². The van der Waals surface area contributed by atoms with Gasteiger partial charge in [-0.15, -0.1) is 0 Å². The quantitative estimate of drug-likeness (QED) is 0.666. The molecule has 30 heavy (non-hydrogen) atoms. The van der Waals surface area contributed by atoms with Crippen LogP contribution in [0.3, 0.4) is 0 Å². The third kappa shape index (κ3) is 4.66. The van der Waals surface area contributed by atoms with E-state index in [4.69, 9.17) is 4.74 Å². The summed E-state index contributed by atoms with van der Waals surface area (Å²) in [4.78, 5) is 26.5. The molecular weight excluding hydrogens is 383 g/mol. The number of aryl methyl sites for hydroxylation is 1. The number of hydrogen-bond donors (Lipinski definition) is 1. The summed E-state index contributed by atoms with van der Waals surface area (Å²) in [6, 6.07) is 20.9. The molecule has 1 aliphatic rings. The normalized spacial score (nSPS) is 13.0. The first kappa shape index (κ1) is 19.6. The molecule has 3 aromatic rings. The highest BCUT2D eigenvalue weighted by Gasteiger charge is 2.24. The Kier molecular flexibility index (Phi) is 5.75. The van der Waals surface area contributed by atoms with Crippen molar-refractivity contribution in [2.75, 3.05) is 16.8 Å². The summed E-state index contributed by atoms with van der Waals surface area (Å²) in [6.45, 7) is 0.339. The minimum Gasteiger partial charge on any atom is -0.484 e. The van der Waals surface area contributed by atoms with Gasteiger partial charge in [-0.3, -0.25) is 9.59 Å². The summed E-state index contributed by atoms with van der Waals surface area (Å²) in [6.07, 6.45) is 1.07. The monoisotopic (exact) mass is 404 g/mol. The second kappa shape index (κ2) is 8.78. The van der Waals surface area contributed by atoms with Gasteiger partial charge < -0.3 is 15.0 Å². The van der Waals surface area contributed by atoms with Crippen LogP contribution in [0.1, 0.15) is 17.5 Å². The molecule has 0 radical (unpaired) electrons. The summed E-state index contributed by atoms with van der Waals surface area (Å²) < 4.78 is 18.3. The molecule has 3 aromatic carbocycles. The topological polar surface area (TPSA) is 58.6 Å². The highest BCUT2D eigenvalue weighted by atomic mass is 19.1. The maximum Gasteiger partial charge on any atom is 0.262 e. The second-order valence-electron chi connectivity index (χ2n) is 7.10. The molecule has 0 saturated heterocycles. The summed E-state index contributed by atoms with van der Waals surface area (Å²) in [7, 11) is 0. The van der Waals surface area contributed by atoms with E-state index in [1.165, 1.54) is 24.3 Å². The van der Waals surface area contributed by atoms with Gasteiger partial charge in [-0.2, -0.15) is 0 Å². The Morgan fingerprint density at radius 3 is 2.53 bits per heavy atom. The average Bonchev–Trinajstić information content (AvgIpc) is 2.76. The molecule has 0 spiro atoms. The van der Waals surface area contributed by atoms with Gasteiger partial charge in [0.05, 0.1) is 6.54 Å². The van der Waals surface area contributed by atoms with Crippen molar-refractivity contribution in [1.29, 1.82) is 0 Å². The van der Waals surface area contributed by atoms with Crippen LogP contribution in [0.5, 0.6) is 5.75 Å². The van der Waals surface area contributed by atoms with Crippen molar-refractivity contribution < 1.29 is 18.7 Å². The average molecular weight is 404 g/mol. The molecule has 152 valence electrons. The number of hydrogen-bond acceptors (Lipinski definition) is 3. The molecule has 0 aromatic heterocycles. The number of nitrogens with one attached hydrogen (secondary N) is 1. The number of benzene rings is 3. The molecule has 0 unspecified atom stereocenters. The number of rotatable bonds is 6. The lowest BCUT2D eigenvalue weighted by Crippen LogP contribution is -2.34. The SMILES string of the molecule is O=C(COc1ccc(F)cc1)Nc1ccc2c(c1)CCC(=O)N2Cc1ccccc1. The van der Waals surface area contributed by atoms with Crippen molar-refractivity contribution in [3.63, 3.8) is 0 Å². The number of amides is 2. The fourth-order valence-corrected chi connectivity index (χ4v) is 3.45. The fraction of sp³-hybridized carbons (Fsp3) is 0.167. The third-order valence-electron chi connectivity index (χ3n) is 4.93. The van der Waals surface area contributed by atoms with Gasteiger partial charge in [0.25, 0.3) is 5.91 Å².